The minimum absolute atomic E-state index is 0.0541. The second-order valence-electron chi connectivity index (χ2n) is 7.61. The zero-order valence-corrected chi connectivity index (χ0v) is 15.7. The maximum Gasteiger partial charge on any atom is 0.226 e. The van der Waals surface area contributed by atoms with Crippen LogP contribution >= 0.6 is 0 Å². The summed E-state index contributed by atoms with van der Waals surface area (Å²) in [5.41, 5.74) is 1.12. The summed E-state index contributed by atoms with van der Waals surface area (Å²) < 4.78 is 0. The predicted molar refractivity (Wildman–Crippen MR) is 101 cm³/mol. The van der Waals surface area contributed by atoms with Crippen molar-refractivity contribution in [3.05, 3.63) is 42.2 Å². The monoisotopic (exact) mass is 355 g/mol. The van der Waals surface area contributed by atoms with Crippen LogP contribution in [0.4, 0.5) is 0 Å². The van der Waals surface area contributed by atoms with Gasteiger partial charge in [-0.3, -0.25) is 14.6 Å². The third-order valence-electron chi connectivity index (χ3n) is 5.55. The van der Waals surface area contributed by atoms with Crippen LogP contribution in [-0.2, 0) is 16.1 Å². The number of allylic oxidation sites excluding steroid dienone is 1. The quantitative estimate of drug-likeness (QED) is 0.763. The van der Waals surface area contributed by atoms with Crippen LogP contribution in [-0.4, -0.2) is 46.2 Å². The summed E-state index contributed by atoms with van der Waals surface area (Å²) in [6.45, 7) is 5.06. The lowest BCUT2D eigenvalue weighted by Crippen LogP contribution is -2.54. The molecule has 1 atom stereocenters. The molecule has 5 heteroatoms. The molecule has 2 saturated heterocycles. The molecule has 0 saturated carbocycles. The summed E-state index contributed by atoms with van der Waals surface area (Å²) in [5, 5.41) is 0. The van der Waals surface area contributed by atoms with Crippen molar-refractivity contribution >= 4 is 11.8 Å². The Kier molecular flexibility index (Phi) is 6.07. The van der Waals surface area contributed by atoms with E-state index in [1.165, 1.54) is 0 Å². The van der Waals surface area contributed by atoms with E-state index in [1.807, 2.05) is 40.3 Å². The average molecular weight is 355 g/mol. The molecule has 2 fully saturated rings. The van der Waals surface area contributed by atoms with Gasteiger partial charge >= 0.3 is 0 Å². The predicted octanol–water partition coefficient (Wildman–Crippen LogP) is 3.17. The Morgan fingerprint density at radius 3 is 2.96 bits per heavy atom. The molecule has 0 aliphatic carbocycles. The first-order valence-corrected chi connectivity index (χ1v) is 9.71. The Morgan fingerprint density at radius 2 is 2.19 bits per heavy atom. The van der Waals surface area contributed by atoms with Gasteiger partial charge in [0.2, 0.25) is 11.8 Å². The molecular weight excluding hydrogens is 326 g/mol. The topological polar surface area (TPSA) is 53.5 Å². The summed E-state index contributed by atoms with van der Waals surface area (Å²) in [7, 11) is 0. The molecule has 0 N–H and O–H groups in total. The minimum atomic E-state index is 0.0541. The van der Waals surface area contributed by atoms with Crippen molar-refractivity contribution in [3.8, 4) is 0 Å². The number of piperidine rings is 2. The molecule has 140 valence electrons. The number of nitrogens with zero attached hydrogens (tertiary/aromatic N) is 3. The smallest absolute Gasteiger partial charge is 0.226 e. The lowest BCUT2D eigenvalue weighted by molar-refractivity contribution is -0.143. The van der Waals surface area contributed by atoms with E-state index in [4.69, 9.17) is 0 Å². The van der Waals surface area contributed by atoms with Crippen LogP contribution in [0.1, 0.15) is 51.0 Å². The third kappa shape index (κ3) is 4.51. The van der Waals surface area contributed by atoms with Gasteiger partial charge in [0.05, 0.1) is 0 Å². The van der Waals surface area contributed by atoms with Gasteiger partial charge < -0.3 is 9.80 Å². The van der Waals surface area contributed by atoms with Gasteiger partial charge in [0.1, 0.15) is 0 Å². The van der Waals surface area contributed by atoms with Crippen molar-refractivity contribution in [2.75, 3.05) is 19.6 Å². The molecule has 26 heavy (non-hydrogen) atoms. The summed E-state index contributed by atoms with van der Waals surface area (Å²) in [6, 6.07) is 3.92. The van der Waals surface area contributed by atoms with Crippen LogP contribution < -0.4 is 0 Å². The van der Waals surface area contributed by atoms with Crippen molar-refractivity contribution < 1.29 is 9.59 Å². The highest BCUT2D eigenvalue weighted by Gasteiger charge is 2.42. The Labute approximate surface area is 156 Å². The van der Waals surface area contributed by atoms with Crippen molar-refractivity contribution in [2.45, 2.75) is 52.0 Å². The Balaban J connectivity index is 1.65. The van der Waals surface area contributed by atoms with Crippen LogP contribution in [0.5, 0.6) is 0 Å². The Bertz CT molecular complexity index is 658. The molecule has 0 bridgehead atoms. The van der Waals surface area contributed by atoms with Crippen LogP contribution in [0.15, 0.2) is 36.7 Å². The number of hydrogen-bond acceptors (Lipinski definition) is 3. The fraction of sp³-hybridized carbons (Fsp3) is 0.571. The van der Waals surface area contributed by atoms with E-state index in [2.05, 4.69) is 11.9 Å². The summed E-state index contributed by atoms with van der Waals surface area (Å²) in [4.78, 5) is 33.1. The Morgan fingerprint density at radius 1 is 1.31 bits per heavy atom. The number of carbonyl (C=O) groups is 2. The first-order chi connectivity index (χ1) is 12.6. The highest BCUT2D eigenvalue weighted by molar-refractivity contribution is 5.79. The van der Waals surface area contributed by atoms with Gasteiger partial charge in [-0.2, -0.15) is 0 Å². The van der Waals surface area contributed by atoms with E-state index in [9.17, 15) is 9.59 Å². The van der Waals surface area contributed by atoms with Crippen molar-refractivity contribution in [3.63, 3.8) is 0 Å². The third-order valence-corrected chi connectivity index (χ3v) is 5.55. The molecule has 1 aromatic rings. The summed E-state index contributed by atoms with van der Waals surface area (Å²) in [6.07, 6.45) is 12.6. The average Bonchev–Trinajstić information content (AvgIpc) is 2.66. The number of carbonyl (C=O) groups excluding carboxylic acids is 2. The molecule has 2 aliphatic heterocycles. The highest BCUT2D eigenvalue weighted by atomic mass is 16.2. The van der Waals surface area contributed by atoms with E-state index in [0.717, 1.165) is 50.9 Å². The molecule has 0 radical (unpaired) electrons. The zero-order valence-electron chi connectivity index (χ0n) is 15.7. The van der Waals surface area contributed by atoms with E-state index < -0.39 is 0 Å². The first kappa shape index (κ1) is 18.6. The molecule has 2 aliphatic rings. The fourth-order valence-corrected chi connectivity index (χ4v) is 4.19. The van der Waals surface area contributed by atoms with E-state index in [0.29, 0.717) is 19.4 Å². The van der Waals surface area contributed by atoms with Crippen LogP contribution in [0.2, 0.25) is 0 Å². The van der Waals surface area contributed by atoms with Gasteiger partial charge in [0, 0.05) is 56.8 Å². The largest absolute Gasteiger partial charge is 0.342 e. The van der Waals surface area contributed by atoms with Crippen LogP contribution in [0.3, 0.4) is 0 Å². The van der Waals surface area contributed by atoms with E-state index >= 15 is 0 Å². The maximum absolute atomic E-state index is 12.5. The number of likely N-dealkylation sites (tertiary alicyclic amines) is 2. The standard InChI is InChI=1S/C21H29N3O2/c1-2-3-4-8-19(25)23-13-6-10-21(16-23)11-9-20(26)24(17-21)15-18-7-5-12-22-14-18/h3-5,7,12,14H,2,6,8-11,13,15-17H2,1H3/b4-3+/t21-/m0/s1. The molecule has 1 spiro atoms. The number of rotatable bonds is 5. The zero-order chi connectivity index (χ0) is 18.4. The normalized spacial score (nSPS) is 23.8. The van der Waals surface area contributed by atoms with Crippen molar-refractivity contribution in [1.82, 2.24) is 14.8 Å². The highest BCUT2D eigenvalue weighted by Crippen LogP contribution is 2.39. The molecule has 5 nitrogen and oxygen atoms in total. The first-order valence-electron chi connectivity index (χ1n) is 9.71. The van der Waals surface area contributed by atoms with Gasteiger partial charge in [-0.25, -0.2) is 0 Å². The summed E-state index contributed by atoms with van der Waals surface area (Å²) >= 11 is 0. The molecule has 0 unspecified atom stereocenters. The lowest BCUT2D eigenvalue weighted by atomic mass is 9.73. The number of hydrogen-bond donors (Lipinski definition) is 0. The van der Waals surface area contributed by atoms with Crippen LogP contribution in [0.25, 0.3) is 0 Å². The molecule has 3 heterocycles. The number of amides is 2. The lowest BCUT2D eigenvalue weighted by Gasteiger charge is -2.48. The second kappa shape index (κ2) is 8.47. The van der Waals surface area contributed by atoms with Gasteiger partial charge in [-0.1, -0.05) is 25.1 Å². The fourth-order valence-electron chi connectivity index (χ4n) is 4.19. The SMILES string of the molecule is CC/C=C/CC(=O)N1CCC[C@]2(CCC(=O)N(Cc3cccnc3)C2)C1. The second-order valence-corrected chi connectivity index (χ2v) is 7.61. The van der Waals surface area contributed by atoms with E-state index in [1.54, 1.807) is 6.20 Å². The molecule has 2 amide bonds. The molecule has 1 aromatic heterocycles. The number of pyridine rings is 1. The molecular formula is C21H29N3O2. The van der Waals surface area contributed by atoms with Crippen molar-refractivity contribution in [2.24, 2.45) is 5.41 Å². The van der Waals surface area contributed by atoms with Gasteiger partial charge in [-0.15, -0.1) is 0 Å². The van der Waals surface area contributed by atoms with Crippen LogP contribution in [0, 0.1) is 5.41 Å². The minimum Gasteiger partial charge on any atom is -0.342 e. The van der Waals surface area contributed by atoms with Gasteiger partial charge in [0.15, 0.2) is 0 Å². The molecule has 3 rings (SSSR count). The van der Waals surface area contributed by atoms with E-state index in [-0.39, 0.29) is 17.2 Å². The maximum atomic E-state index is 12.5. The van der Waals surface area contributed by atoms with Crippen molar-refractivity contribution in [1.29, 1.82) is 0 Å². The van der Waals surface area contributed by atoms with Gasteiger partial charge in [0.25, 0.3) is 0 Å². The summed E-state index contributed by atoms with van der Waals surface area (Å²) in [5.74, 6) is 0.429. The van der Waals surface area contributed by atoms with Gasteiger partial charge in [-0.05, 0) is 37.3 Å². The molecule has 0 aromatic carbocycles. The number of aromatic nitrogens is 1. The Hall–Kier alpha value is -2.17.